The van der Waals surface area contributed by atoms with Crippen LogP contribution in [0.15, 0.2) is 12.3 Å². The number of carboxylic acid groups (broad SMARTS) is 1. The highest BCUT2D eigenvalue weighted by Gasteiger charge is 2.29. The predicted octanol–water partition coefficient (Wildman–Crippen LogP) is 1.24. The number of anilines is 1. The normalized spacial score (nSPS) is 17.5. The van der Waals surface area contributed by atoms with Crippen molar-refractivity contribution in [3.63, 3.8) is 0 Å². The Labute approximate surface area is 126 Å². The number of rotatable bonds is 4. The minimum atomic E-state index is -0.876. The van der Waals surface area contributed by atoms with Gasteiger partial charge in [-0.1, -0.05) is 11.6 Å². The number of nitro groups is 1. The van der Waals surface area contributed by atoms with E-state index in [4.69, 9.17) is 16.7 Å². The molecule has 0 radical (unpaired) electrons. The second-order valence-corrected chi connectivity index (χ2v) is 5.23. The largest absolute Gasteiger partial charge is 0.480 e. The van der Waals surface area contributed by atoms with Crippen LogP contribution in [-0.4, -0.2) is 58.1 Å². The summed E-state index contributed by atoms with van der Waals surface area (Å²) in [5.74, 6) is -0.605. The summed E-state index contributed by atoms with van der Waals surface area (Å²) in [5, 5.41) is 20.3. The number of hydrogen-bond donors (Lipinski definition) is 1. The maximum absolute atomic E-state index is 11.1. The maximum Gasteiger partial charge on any atom is 0.320 e. The fraction of sp³-hybridized carbons (Fsp3) is 0.500. The molecule has 2 rings (SSSR count). The van der Waals surface area contributed by atoms with Gasteiger partial charge < -0.3 is 10.0 Å². The van der Waals surface area contributed by atoms with Crippen LogP contribution in [0.1, 0.15) is 6.92 Å². The van der Waals surface area contributed by atoms with Crippen LogP contribution in [-0.2, 0) is 4.79 Å². The molecule has 1 aromatic heterocycles. The number of pyridine rings is 1. The second-order valence-electron chi connectivity index (χ2n) is 4.79. The van der Waals surface area contributed by atoms with E-state index in [1.807, 2.05) is 4.90 Å². The summed E-state index contributed by atoms with van der Waals surface area (Å²) in [6, 6.07) is 0.705. The fourth-order valence-electron chi connectivity index (χ4n) is 2.28. The lowest BCUT2D eigenvalue weighted by molar-refractivity contribution is -0.384. The molecule has 1 aliphatic rings. The summed E-state index contributed by atoms with van der Waals surface area (Å²) < 4.78 is 0. The second kappa shape index (κ2) is 6.23. The molecule has 1 unspecified atom stereocenters. The SMILES string of the molecule is CC(C(=O)O)N1CCN(c2ncc(Cl)cc2[N+](=O)[O-])CC1. The van der Waals surface area contributed by atoms with Crippen molar-refractivity contribution in [1.82, 2.24) is 9.88 Å². The molecule has 1 N–H and O–H groups in total. The molecule has 1 atom stereocenters. The molecule has 0 amide bonds. The van der Waals surface area contributed by atoms with Gasteiger partial charge in [0.1, 0.15) is 6.04 Å². The third-order valence-corrected chi connectivity index (χ3v) is 3.74. The highest BCUT2D eigenvalue weighted by Crippen LogP contribution is 2.29. The Balaban J connectivity index is 2.12. The highest BCUT2D eigenvalue weighted by atomic mass is 35.5. The van der Waals surface area contributed by atoms with Crippen molar-refractivity contribution in [2.45, 2.75) is 13.0 Å². The van der Waals surface area contributed by atoms with Crippen molar-refractivity contribution in [2.75, 3.05) is 31.1 Å². The van der Waals surface area contributed by atoms with Gasteiger partial charge in [-0.2, -0.15) is 0 Å². The number of nitrogens with zero attached hydrogens (tertiary/aromatic N) is 4. The molecule has 0 spiro atoms. The topological polar surface area (TPSA) is 99.8 Å². The summed E-state index contributed by atoms with van der Waals surface area (Å²) in [5.41, 5.74) is -0.137. The van der Waals surface area contributed by atoms with Gasteiger partial charge in [-0.3, -0.25) is 19.8 Å². The van der Waals surface area contributed by atoms with E-state index in [0.29, 0.717) is 26.2 Å². The maximum atomic E-state index is 11.1. The number of carboxylic acids is 1. The molecule has 0 bridgehead atoms. The van der Waals surface area contributed by atoms with Gasteiger partial charge in [-0.25, -0.2) is 4.98 Å². The average molecular weight is 315 g/mol. The molecule has 1 aliphatic heterocycles. The van der Waals surface area contributed by atoms with Crippen LogP contribution in [0, 0.1) is 10.1 Å². The molecule has 1 fully saturated rings. The van der Waals surface area contributed by atoms with Crippen molar-refractivity contribution in [3.8, 4) is 0 Å². The van der Waals surface area contributed by atoms with Gasteiger partial charge in [-0.05, 0) is 6.92 Å². The van der Waals surface area contributed by atoms with E-state index in [0.717, 1.165) is 0 Å². The molecule has 9 heteroatoms. The van der Waals surface area contributed by atoms with Gasteiger partial charge in [0.15, 0.2) is 0 Å². The molecule has 0 aliphatic carbocycles. The predicted molar refractivity (Wildman–Crippen MR) is 76.8 cm³/mol. The van der Waals surface area contributed by atoms with Crippen molar-refractivity contribution in [2.24, 2.45) is 0 Å². The smallest absolute Gasteiger partial charge is 0.320 e. The number of aromatic nitrogens is 1. The molecule has 8 nitrogen and oxygen atoms in total. The van der Waals surface area contributed by atoms with E-state index in [1.54, 1.807) is 11.8 Å². The summed E-state index contributed by atoms with van der Waals surface area (Å²) in [6.07, 6.45) is 1.37. The Morgan fingerprint density at radius 3 is 2.62 bits per heavy atom. The van der Waals surface area contributed by atoms with Gasteiger partial charge in [0.25, 0.3) is 0 Å². The number of aliphatic carboxylic acids is 1. The molecular formula is C12H15ClN4O4. The zero-order valence-corrected chi connectivity index (χ0v) is 12.2. The van der Waals surface area contributed by atoms with Crippen molar-refractivity contribution < 1.29 is 14.8 Å². The van der Waals surface area contributed by atoms with Gasteiger partial charge in [0.05, 0.1) is 9.95 Å². The Bertz CT molecular complexity index is 560. The summed E-state index contributed by atoms with van der Waals surface area (Å²) >= 11 is 5.74. The van der Waals surface area contributed by atoms with Crippen LogP contribution in [0.3, 0.4) is 0 Å². The average Bonchev–Trinajstić information content (AvgIpc) is 2.46. The number of halogens is 1. The zero-order valence-electron chi connectivity index (χ0n) is 11.4. The van der Waals surface area contributed by atoms with Crippen LogP contribution in [0.25, 0.3) is 0 Å². The van der Waals surface area contributed by atoms with Crippen molar-refractivity contribution >= 4 is 29.1 Å². The standard InChI is InChI=1S/C12H15ClN4O4/c1-8(12(18)19)15-2-4-16(5-3-15)11-10(17(20)21)6-9(13)7-14-11/h6-8H,2-5H2,1H3,(H,18,19). The first-order chi connectivity index (χ1) is 9.90. The van der Waals surface area contributed by atoms with Crippen LogP contribution in [0.5, 0.6) is 0 Å². The van der Waals surface area contributed by atoms with Crippen molar-refractivity contribution in [1.29, 1.82) is 0 Å². The first-order valence-electron chi connectivity index (χ1n) is 6.42. The van der Waals surface area contributed by atoms with Gasteiger partial charge in [-0.15, -0.1) is 0 Å². The van der Waals surface area contributed by atoms with E-state index >= 15 is 0 Å². The fourth-order valence-corrected chi connectivity index (χ4v) is 2.43. The molecule has 1 saturated heterocycles. The lowest BCUT2D eigenvalue weighted by atomic mass is 10.2. The van der Waals surface area contributed by atoms with Crippen LogP contribution < -0.4 is 4.90 Å². The third-order valence-electron chi connectivity index (χ3n) is 3.53. The monoisotopic (exact) mass is 314 g/mol. The Morgan fingerprint density at radius 1 is 1.48 bits per heavy atom. The summed E-state index contributed by atoms with van der Waals surface area (Å²) in [6.45, 7) is 3.60. The quantitative estimate of drug-likeness (QED) is 0.659. The Kier molecular flexibility index (Phi) is 4.59. The van der Waals surface area contributed by atoms with Crippen LogP contribution in [0.4, 0.5) is 11.5 Å². The van der Waals surface area contributed by atoms with Gasteiger partial charge >= 0.3 is 11.7 Å². The lowest BCUT2D eigenvalue weighted by Gasteiger charge is -2.36. The number of hydrogen-bond acceptors (Lipinski definition) is 6. The van der Waals surface area contributed by atoms with Gasteiger partial charge in [0.2, 0.25) is 5.82 Å². The molecule has 21 heavy (non-hydrogen) atoms. The van der Waals surface area contributed by atoms with Crippen LogP contribution in [0.2, 0.25) is 5.02 Å². The number of piperazine rings is 1. The van der Waals surface area contributed by atoms with Gasteiger partial charge in [0, 0.05) is 38.4 Å². The summed E-state index contributed by atoms with van der Waals surface area (Å²) in [4.78, 5) is 29.2. The van der Waals surface area contributed by atoms with E-state index in [-0.39, 0.29) is 16.5 Å². The highest BCUT2D eigenvalue weighted by molar-refractivity contribution is 6.30. The molecule has 0 saturated carbocycles. The third kappa shape index (κ3) is 3.40. The molecule has 114 valence electrons. The van der Waals surface area contributed by atoms with Crippen LogP contribution >= 0.6 is 11.6 Å². The van der Waals surface area contributed by atoms with E-state index in [2.05, 4.69) is 4.98 Å². The van der Waals surface area contributed by atoms with Crippen molar-refractivity contribution in [3.05, 3.63) is 27.4 Å². The molecule has 0 aromatic carbocycles. The van der Waals surface area contributed by atoms with E-state index in [9.17, 15) is 14.9 Å². The number of carbonyl (C=O) groups is 1. The molecule has 2 heterocycles. The molecular weight excluding hydrogens is 300 g/mol. The minimum absolute atomic E-state index is 0.137. The minimum Gasteiger partial charge on any atom is -0.480 e. The van der Waals surface area contributed by atoms with E-state index in [1.165, 1.54) is 12.3 Å². The first-order valence-corrected chi connectivity index (χ1v) is 6.79. The molecule has 1 aromatic rings. The Morgan fingerprint density at radius 2 is 2.10 bits per heavy atom. The first kappa shape index (κ1) is 15.5. The zero-order chi connectivity index (χ0) is 15.6. The lowest BCUT2D eigenvalue weighted by Crippen LogP contribution is -2.52. The summed E-state index contributed by atoms with van der Waals surface area (Å²) in [7, 11) is 0. The van der Waals surface area contributed by atoms with E-state index < -0.39 is 16.9 Å². The Hall–Kier alpha value is -1.93.